The number of amides is 2. The van der Waals surface area contributed by atoms with Crippen LogP contribution < -0.4 is 10.1 Å². The summed E-state index contributed by atoms with van der Waals surface area (Å²) in [5, 5.41) is 3.40. The van der Waals surface area contributed by atoms with Gasteiger partial charge in [-0.05, 0) is 55.8 Å². The molecule has 7 heteroatoms. The lowest BCUT2D eigenvalue weighted by Gasteiger charge is -2.24. The van der Waals surface area contributed by atoms with E-state index in [4.69, 9.17) is 16.3 Å². The Morgan fingerprint density at radius 1 is 1.15 bits per heavy atom. The summed E-state index contributed by atoms with van der Waals surface area (Å²) in [4.78, 5) is 26.1. The zero-order valence-electron chi connectivity index (χ0n) is 15.2. The van der Waals surface area contributed by atoms with Crippen LogP contribution in [0.3, 0.4) is 0 Å². The number of nitrogens with one attached hydrogen (secondary N) is 1. The maximum atomic E-state index is 12.9. The monoisotopic (exact) mass is 392 g/mol. The highest BCUT2D eigenvalue weighted by Gasteiger charge is 2.23. The van der Waals surface area contributed by atoms with Crippen LogP contribution in [0, 0.1) is 5.82 Å². The third-order valence-electron chi connectivity index (χ3n) is 3.91. The first-order valence-electron chi connectivity index (χ1n) is 8.61. The number of hydrogen-bond donors (Lipinski definition) is 1. The lowest BCUT2D eigenvalue weighted by atomic mass is 10.2. The lowest BCUT2D eigenvalue weighted by molar-refractivity contribution is -0.141. The molecule has 2 aromatic rings. The molecule has 0 bridgehead atoms. The average Bonchev–Trinajstić information content (AvgIpc) is 2.66. The summed E-state index contributed by atoms with van der Waals surface area (Å²) >= 11 is 5.83. The molecule has 2 aromatic carbocycles. The lowest BCUT2D eigenvalue weighted by Crippen LogP contribution is -2.45. The highest BCUT2D eigenvalue weighted by atomic mass is 35.5. The van der Waals surface area contributed by atoms with Gasteiger partial charge in [-0.3, -0.25) is 9.59 Å². The molecule has 5 nitrogen and oxygen atoms in total. The van der Waals surface area contributed by atoms with E-state index in [9.17, 15) is 14.0 Å². The summed E-state index contributed by atoms with van der Waals surface area (Å²) in [6.45, 7) is 4.03. The van der Waals surface area contributed by atoms with Crippen molar-refractivity contribution in [2.24, 2.45) is 0 Å². The van der Waals surface area contributed by atoms with Crippen LogP contribution in [0.15, 0.2) is 48.5 Å². The van der Waals surface area contributed by atoms with Crippen molar-refractivity contribution < 1.29 is 18.7 Å². The van der Waals surface area contributed by atoms with Gasteiger partial charge < -0.3 is 15.0 Å². The predicted octanol–water partition coefficient (Wildman–Crippen LogP) is 3.41. The van der Waals surface area contributed by atoms with E-state index in [0.717, 1.165) is 5.56 Å². The first kappa shape index (κ1) is 20.7. The Labute approximate surface area is 163 Å². The van der Waals surface area contributed by atoms with Crippen molar-refractivity contribution in [3.63, 3.8) is 0 Å². The van der Waals surface area contributed by atoms with Crippen molar-refractivity contribution in [1.82, 2.24) is 10.2 Å². The van der Waals surface area contributed by atoms with Gasteiger partial charge in [0.1, 0.15) is 11.6 Å². The van der Waals surface area contributed by atoms with Crippen LogP contribution in [0.5, 0.6) is 5.75 Å². The second kappa shape index (κ2) is 9.92. The molecule has 1 unspecified atom stereocenters. The maximum absolute atomic E-state index is 12.9. The van der Waals surface area contributed by atoms with Crippen molar-refractivity contribution in [1.29, 1.82) is 0 Å². The second-order valence-electron chi connectivity index (χ2n) is 5.97. The van der Waals surface area contributed by atoms with Gasteiger partial charge in [0.2, 0.25) is 5.91 Å². The SMILES string of the molecule is CCN(CC(=O)NCc1ccc(Cl)cc1)C(=O)C(C)Oc1ccc(F)cc1. The van der Waals surface area contributed by atoms with E-state index in [2.05, 4.69) is 5.32 Å². The van der Waals surface area contributed by atoms with Gasteiger partial charge in [0.15, 0.2) is 6.10 Å². The van der Waals surface area contributed by atoms with Gasteiger partial charge in [-0.15, -0.1) is 0 Å². The first-order valence-corrected chi connectivity index (χ1v) is 8.99. The number of rotatable bonds is 8. The van der Waals surface area contributed by atoms with Gasteiger partial charge in [0.25, 0.3) is 5.91 Å². The summed E-state index contributed by atoms with van der Waals surface area (Å²) < 4.78 is 18.5. The molecular weight excluding hydrogens is 371 g/mol. The van der Waals surface area contributed by atoms with Gasteiger partial charge in [0, 0.05) is 18.1 Å². The van der Waals surface area contributed by atoms with E-state index in [1.165, 1.54) is 29.2 Å². The molecule has 144 valence electrons. The molecule has 0 radical (unpaired) electrons. The van der Waals surface area contributed by atoms with Crippen LogP contribution in [0.25, 0.3) is 0 Å². The topological polar surface area (TPSA) is 58.6 Å². The quantitative estimate of drug-likeness (QED) is 0.749. The standard InChI is InChI=1S/C20H22ClFN2O3/c1-3-24(13-19(25)23-12-15-4-6-16(21)7-5-15)20(26)14(2)27-18-10-8-17(22)9-11-18/h4-11,14H,3,12-13H2,1-2H3,(H,23,25). The van der Waals surface area contributed by atoms with Gasteiger partial charge in [0.05, 0.1) is 6.54 Å². The minimum Gasteiger partial charge on any atom is -0.481 e. The van der Waals surface area contributed by atoms with Crippen LogP contribution in [-0.2, 0) is 16.1 Å². The molecule has 1 atom stereocenters. The molecule has 0 aliphatic heterocycles. The summed E-state index contributed by atoms with van der Waals surface area (Å²) in [6, 6.07) is 12.6. The average molecular weight is 393 g/mol. The molecule has 0 spiro atoms. The fraction of sp³-hybridized carbons (Fsp3) is 0.300. The fourth-order valence-corrected chi connectivity index (χ4v) is 2.53. The molecule has 0 aliphatic carbocycles. The Kier molecular flexibility index (Phi) is 7.61. The second-order valence-corrected chi connectivity index (χ2v) is 6.41. The molecule has 2 rings (SSSR count). The van der Waals surface area contributed by atoms with Crippen LogP contribution >= 0.6 is 11.6 Å². The molecule has 0 fully saturated rings. The van der Waals surface area contributed by atoms with E-state index in [1.807, 2.05) is 12.1 Å². The summed E-state index contributed by atoms with van der Waals surface area (Å²) in [7, 11) is 0. The predicted molar refractivity (Wildman–Crippen MR) is 102 cm³/mol. The zero-order valence-corrected chi connectivity index (χ0v) is 16.0. The van der Waals surface area contributed by atoms with Crippen molar-refractivity contribution in [2.75, 3.05) is 13.1 Å². The van der Waals surface area contributed by atoms with Crippen LogP contribution in [0.1, 0.15) is 19.4 Å². The number of ether oxygens (including phenoxy) is 1. The van der Waals surface area contributed by atoms with Crippen LogP contribution in [-0.4, -0.2) is 35.9 Å². The number of nitrogens with zero attached hydrogens (tertiary/aromatic N) is 1. The first-order chi connectivity index (χ1) is 12.9. The minimum absolute atomic E-state index is 0.0694. The number of benzene rings is 2. The molecule has 0 saturated heterocycles. The smallest absolute Gasteiger partial charge is 0.263 e. The van der Waals surface area contributed by atoms with Crippen LogP contribution in [0.2, 0.25) is 5.02 Å². The molecule has 0 aliphatic rings. The molecule has 0 aromatic heterocycles. The number of halogens is 2. The van der Waals surface area contributed by atoms with Crippen molar-refractivity contribution >= 4 is 23.4 Å². The normalized spacial score (nSPS) is 11.6. The number of carbonyl (C=O) groups excluding carboxylic acids is 2. The molecule has 1 N–H and O–H groups in total. The Morgan fingerprint density at radius 3 is 2.37 bits per heavy atom. The molecule has 27 heavy (non-hydrogen) atoms. The Morgan fingerprint density at radius 2 is 1.78 bits per heavy atom. The number of carbonyl (C=O) groups is 2. The Balaban J connectivity index is 1.86. The fourth-order valence-electron chi connectivity index (χ4n) is 2.40. The molecular formula is C20H22ClFN2O3. The largest absolute Gasteiger partial charge is 0.481 e. The molecule has 2 amide bonds. The summed E-state index contributed by atoms with van der Waals surface area (Å²) in [5.74, 6) is -0.577. The maximum Gasteiger partial charge on any atom is 0.263 e. The van der Waals surface area contributed by atoms with Crippen LogP contribution in [0.4, 0.5) is 4.39 Å². The van der Waals surface area contributed by atoms with E-state index >= 15 is 0 Å². The third-order valence-corrected chi connectivity index (χ3v) is 4.16. The van der Waals surface area contributed by atoms with E-state index in [-0.39, 0.29) is 24.2 Å². The Hall–Kier alpha value is -2.60. The summed E-state index contributed by atoms with van der Waals surface area (Å²) in [5.41, 5.74) is 0.912. The van der Waals surface area contributed by atoms with E-state index in [0.29, 0.717) is 23.9 Å². The van der Waals surface area contributed by atoms with Gasteiger partial charge in [-0.1, -0.05) is 23.7 Å². The highest BCUT2D eigenvalue weighted by Crippen LogP contribution is 2.14. The summed E-state index contributed by atoms with van der Waals surface area (Å²) in [6.07, 6.45) is -0.792. The van der Waals surface area contributed by atoms with Crippen molar-refractivity contribution in [2.45, 2.75) is 26.5 Å². The van der Waals surface area contributed by atoms with Gasteiger partial charge >= 0.3 is 0 Å². The number of likely N-dealkylation sites (N-methyl/N-ethyl adjacent to an activating group) is 1. The van der Waals surface area contributed by atoms with Gasteiger partial charge in [-0.2, -0.15) is 0 Å². The van der Waals surface area contributed by atoms with Gasteiger partial charge in [-0.25, -0.2) is 4.39 Å². The van der Waals surface area contributed by atoms with Crippen molar-refractivity contribution in [3.8, 4) is 5.75 Å². The van der Waals surface area contributed by atoms with E-state index in [1.54, 1.807) is 26.0 Å². The third kappa shape index (κ3) is 6.57. The number of hydrogen-bond acceptors (Lipinski definition) is 3. The molecule has 0 saturated carbocycles. The van der Waals surface area contributed by atoms with E-state index < -0.39 is 6.10 Å². The van der Waals surface area contributed by atoms with Crippen molar-refractivity contribution in [3.05, 3.63) is 64.9 Å². The Bertz CT molecular complexity index is 766. The zero-order chi connectivity index (χ0) is 19.8. The minimum atomic E-state index is -0.792. The molecule has 0 heterocycles. The highest BCUT2D eigenvalue weighted by molar-refractivity contribution is 6.30.